The summed E-state index contributed by atoms with van der Waals surface area (Å²) in [5, 5.41) is 12.3. The molecule has 7 nitrogen and oxygen atoms in total. The third-order valence-corrected chi connectivity index (χ3v) is 4.08. The molecule has 1 amide bonds. The van der Waals surface area contributed by atoms with E-state index in [1.54, 1.807) is 6.07 Å². The Morgan fingerprint density at radius 1 is 1.27 bits per heavy atom. The van der Waals surface area contributed by atoms with Crippen molar-refractivity contribution in [2.45, 2.75) is 46.1 Å². The van der Waals surface area contributed by atoms with E-state index in [2.05, 4.69) is 5.32 Å². The smallest absolute Gasteiger partial charge is 0.336 e. The molecule has 7 heteroatoms. The van der Waals surface area contributed by atoms with Crippen LogP contribution in [0.15, 0.2) is 27.4 Å². The molecule has 1 heterocycles. The second-order valence-corrected chi connectivity index (χ2v) is 6.09. The van der Waals surface area contributed by atoms with E-state index < -0.39 is 23.5 Å². The molecule has 0 aliphatic rings. The second kappa shape index (κ2) is 8.51. The fraction of sp³-hybridized carbons (Fsp3) is 0.421. The molecule has 0 radical (unpaired) electrons. The largest absolute Gasteiger partial charge is 0.483 e. The average molecular weight is 361 g/mol. The van der Waals surface area contributed by atoms with Crippen LogP contribution >= 0.6 is 0 Å². The number of aliphatic carboxylic acids is 1. The fourth-order valence-electron chi connectivity index (χ4n) is 2.73. The number of benzene rings is 1. The van der Waals surface area contributed by atoms with Gasteiger partial charge in [-0.2, -0.15) is 0 Å². The molecule has 0 aliphatic heterocycles. The Balaban J connectivity index is 2.18. The topological polar surface area (TPSA) is 106 Å². The highest BCUT2D eigenvalue weighted by Crippen LogP contribution is 2.27. The lowest BCUT2D eigenvalue weighted by molar-refractivity contribution is -0.142. The number of rotatable bonds is 8. The molecule has 2 rings (SSSR count). The Kier molecular flexibility index (Phi) is 6.38. The molecule has 1 atom stereocenters. The number of carbonyl (C=O) groups excluding carboxylic acids is 1. The van der Waals surface area contributed by atoms with Gasteiger partial charge in [-0.15, -0.1) is 0 Å². The Morgan fingerprint density at radius 2 is 2.00 bits per heavy atom. The summed E-state index contributed by atoms with van der Waals surface area (Å²) in [4.78, 5) is 34.7. The van der Waals surface area contributed by atoms with Crippen LogP contribution in [0.5, 0.6) is 5.75 Å². The second-order valence-electron chi connectivity index (χ2n) is 6.09. The van der Waals surface area contributed by atoms with Gasteiger partial charge in [-0.1, -0.05) is 20.3 Å². The summed E-state index contributed by atoms with van der Waals surface area (Å²) in [6.07, 6.45) is 1.65. The summed E-state index contributed by atoms with van der Waals surface area (Å²) in [6.45, 7) is 5.30. The third kappa shape index (κ3) is 4.62. The third-order valence-electron chi connectivity index (χ3n) is 4.08. The monoisotopic (exact) mass is 361 g/mol. The van der Waals surface area contributed by atoms with Crippen molar-refractivity contribution in [2.75, 3.05) is 6.61 Å². The molecule has 0 saturated heterocycles. The summed E-state index contributed by atoms with van der Waals surface area (Å²) < 4.78 is 10.8. The molecule has 140 valence electrons. The lowest BCUT2D eigenvalue weighted by atomic mass is 10.1. The number of fused-ring (bicyclic) bond motifs is 1. The first-order chi connectivity index (χ1) is 12.3. The molecule has 2 aromatic rings. The van der Waals surface area contributed by atoms with Crippen molar-refractivity contribution in [1.29, 1.82) is 0 Å². The predicted octanol–water partition coefficient (Wildman–Crippen LogP) is 2.41. The zero-order valence-corrected chi connectivity index (χ0v) is 15.1. The number of carboxylic acid groups (broad SMARTS) is 1. The standard InChI is InChI=1S/C19H23NO6/c1-4-6-14(19(23)24)20-17(21)10-25-15-9-16-13(8-12(15)5-2)11(3)7-18(22)26-16/h7-9,14H,4-6,10H2,1-3H3,(H,20,21)(H,23,24)/t14-/m0/s1. The van der Waals surface area contributed by atoms with E-state index in [0.29, 0.717) is 30.6 Å². The summed E-state index contributed by atoms with van der Waals surface area (Å²) in [5.74, 6) is -1.15. The highest BCUT2D eigenvalue weighted by molar-refractivity contribution is 5.85. The van der Waals surface area contributed by atoms with Crippen molar-refractivity contribution < 1.29 is 23.8 Å². The molecule has 1 aromatic heterocycles. The maximum Gasteiger partial charge on any atom is 0.336 e. The normalized spacial score (nSPS) is 12.0. The maximum absolute atomic E-state index is 12.0. The first kappa shape index (κ1) is 19.5. The number of nitrogens with one attached hydrogen (secondary N) is 1. The Morgan fingerprint density at radius 3 is 2.62 bits per heavy atom. The molecule has 0 bridgehead atoms. The van der Waals surface area contributed by atoms with Gasteiger partial charge in [0.15, 0.2) is 6.61 Å². The Labute approximate surface area is 151 Å². The number of aryl methyl sites for hydroxylation is 2. The minimum atomic E-state index is -1.07. The number of hydrogen-bond donors (Lipinski definition) is 2. The molecular weight excluding hydrogens is 338 g/mol. The number of ether oxygens (including phenoxy) is 1. The number of carbonyl (C=O) groups is 2. The molecule has 0 fully saturated rings. The van der Waals surface area contributed by atoms with Crippen LogP contribution in [0.2, 0.25) is 0 Å². The minimum Gasteiger partial charge on any atom is -0.483 e. The Hall–Kier alpha value is -2.83. The first-order valence-corrected chi connectivity index (χ1v) is 8.58. The highest BCUT2D eigenvalue weighted by Gasteiger charge is 2.19. The first-order valence-electron chi connectivity index (χ1n) is 8.58. The van der Waals surface area contributed by atoms with Gasteiger partial charge < -0.3 is 19.6 Å². The molecule has 0 saturated carbocycles. The van der Waals surface area contributed by atoms with Crippen LogP contribution in [-0.2, 0) is 16.0 Å². The number of amides is 1. The molecule has 0 spiro atoms. The van der Waals surface area contributed by atoms with Crippen molar-refractivity contribution in [3.05, 3.63) is 39.7 Å². The minimum absolute atomic E-state index is 0.317. The van der Waals surface area contributed by atoms with Gasteiger partial charge in [0.05, 0.1) is 0 Å². The van der Waals surface area contributed by atoms with Gasteiger partial charge in [0, 0.05) is 17.5 Å². The van der Waals surface area contributed by atoms with Crippen molar-refractivity contribution in [2.24, 2.45) is 0 Å². The Bertz CT molecular complexity index is 870. The molecule has 26 heavy (non-hydrogen) atoms. The van der Waals surface area contributed by atoms with E-state index in [1.807, 2.05) is 26.8 Å². The molecule has 0 unspecified atom stereocenters. The van der Waals surface area contributed by atoms with Crippen LogP contribution in [0.4, 0.5) is 0 Å². The average Bonchev–Trinajstić information content (AvgIpc) is 2.58. The summed E-state index contributed by atoms with van der Waals surface area (Å²) in [6, 6.07) is 3.96. The van der Waals surface area contributed by atoms with Gasteiger partial charge in [0.25, 0.3) is 5.91 Å². The van der Waals surface area contributed by atoms with Crippen molar-refractivity contribution in [3.63, 3.8) is 0 Å². The van der Waals surface area contributed by atoms with E-state index in [0.717, 1.165) is 16.5 Å². The lowest BCUT2D eigenvalue weighted by Gasteiger charge is -2.15. The summed E-state index contributed by atoms with van der Waals surface area (Å²) >= 11 is 0. The fourth-order valence-corrected chi connectivity index (χ4v) is 2.73. The van der Waals surface area contributed by atoms with E-state index in [9.17, 15) is 14.4 Å². The molecule has 0 aliphatic carbocycles. The van der Waals surface area contributed by atoms with E-state index in [4.69, 9.17) is 14.3 Å². The van der Waals surface area contributed by atoms with Crippen LogP contribution in [0, 0.1) is 6.92 Å². The highest BCUT2D eigenvalue weighted by atomic mass is 16.5. The van der Waals surface area contributed by atoms with Crippen LogP contribution in [0.3, 0.4) is 0 Å². The van der Waals surface area contributed by atoms with Crippen molar-refractivity contribution in [3.8, 4) is 5.75 Å². The van der Waals surface area contributed by atoms with Gasteiger partial charge in [-0.05, 0) is 37.0 Å². The van der Waals surface area contributed by atoms with Gasteiger partial charge in [-0.3, -0.25) is 4.79 Å². The van der Waals surface area contributed by atoms with Gasteiger partial charge in [0.2, 0.25) is 0 Å². The quantitative estimate of drug-likeness (QED) is 0.700. The number of hydrogen-bond acceptors (Lipinski definition) is 5. The lowest BCUT2D eigenvalue weighted by Crippen LogP contribution is -2.42. The van der Waals surface area contributed by atoms with Gasteiger partial charge in [-0.25, -0.2) is 9.59 Å². The van der Waals surface area contributed by atoms with E-state index in [-0.39, 0.29) is 6.61 Å². The summed E-state index contributed by atoms with van der Waals surface area (Å²) in [5.41, 5.74) is 1.61. The van der Waals surface area contributed by atoms with Crippen molar-refractivity contribution in [1.82, 2.24) is 5.32 Å². The van der Waals surface area contributed by atoms with Crippen molar-refractivity contribution >= 4 is 22.8 Å². The molecule has 1 aromatic carbocycles. The maximum atomic E-state index is 12.0. The van der Waals surface area contributed by atoms with E-state index >= 15 is 0 Å². The number of carboxylic acids is 1. The van der Waals surface area contributed by atoms with Crippen LogP contribution in [0.1, 0.15) is 37.8 Å². The van der Waals surface area contributed by atoms with E-state index in [1.165, 1.54) is 6.07 Å². The van der Waals surface area contributed by atoms with Crippen LogP contribution in [-0.4, -0.2) is 29.6 Å². The zero-order chi connectivity index (χ0) is 19.3. The molecule has 2 N–H and O–H groups in total. The van der Waals surface area contributed by atoms with Crippen LogP contribution in [0.25, 0.3) is 11.0 Å². The van der Waals surface area contributed by atoms with Crippen LogP contribution < -0.4 is 15.7 Å². The van der Waals surface area contributed by atoms with Gasteiger partial charge in [0.1, 0.15) is 17.4 Å². The summed E-state index contributed by atoms with van der Waals surface area (Å²) in [7, 11) is 0. The zero-order valence-electron chi connectivity index (χ0n) is 15.1. The molecular formula is C19H23NO6. The predicted molar refractivity (Wildman–Crippen MR) is 96.6 cm³/mol. The van der Waals surface area contributed by atoms with Gasteiger partial charge >= 0.3 is 11.6 Å². The SMILES string of the molecule is CCC[C@H](NC(=O)COc1cc2oc(=O)cc(C)c2cc1CC)C(=O)O.